The summed E-state index contributed by atoms with van der Waals surface area (Å²) < 4.78 is 0. The number of nitrogens with one attached hydrogen (secondary N) is 1. The molecule has 1 aliphatic heterocycles. The lowest BCUT2D eigenvalue weighted by Gasteiger charge is -2.22. The SMILES string of the molecule is C[C@@H](NC(=O)c1cccc(Cl)c1)C(=O)N1CCc2ccccc21. The number of fused-ring (bicyclic) bond motifs is 1. The summed E-state index contributed by atoms with van der Waals surface area (Å²) in [7, 11) is 0. The number of carbonyl (C=O) groups is 2. The van der Waals surface area contributed by atoms with Gasteiger partial charge in [-0.15, -0.1) is 0 Å². The summed E-state index contributed by atoms with van der Waals surface area (Å²) in [5, 5.41) is 3.23. The highest BCUT2D eigenvalue weighted by molar-refractivity contribution is 6.31. The highest BCUT2D eigenvalue weighted by Gasteiger charge is 2.28. The molecule has 0 spiro atoms. The molecule has 1 aliphatic rings. The highest BCUT2D eigenvalue weighted by atomic mass is 35.5. The maximum atomic E-state index is 12.6. The fraction of sp³-hybridized carbons (Fsp3) is 0.222. The van der Waals surface area contributed by atoms with Crippen molar-refractivity contribution in [3.05, 3.63) is 64.7 Å². The maximum absolute atomic E-state index is 12.6. The van der Waals surface area contributed by atoms with Crippen LogP contribution in [0.2, 0.25) is 5.02 Å². The molecule has 3 rings (SSSR count). The molecule has 2 amide bonds. The van der Waals surface area contributed by atoms with Crippen molar-refractivity contribution >= 4 is 29.1 Å². The molecule has 0 aliphatic carbocycles. The Morgan fingerprint density at radius 2 is 1.96 bits per heavy atom. The van der Waals surface area contributed by atoms with Crippen LogP contribution in [-0.2, 0) is 11.2 Å². The molecule has 0 saturated heterocycles. The molecule has 0 aromatic heterocycles. The number of carbonyl (C=O) groups excluding carboxylic acids is 2. The number of anilines is 1. The van der Waals surface area contributed by atoms with Crippen LogP contribution >= 0.6 is 11.6 Å². The van der Waals surface area contributed by atoms with E-state index in [1.54, 1.807) is 36.1 Å². The number of para-hydroxylation sites is 1. The van der Waals surface area contributed by atoms with Crippen LogP contribution in [0, 0.1) is 0 Å². The molecule has 1 atom stereocenters. The summed E-state index contributed by atoms with van der Waals surface area (Å²) in [6.07, 6.45) is 0.844. The summed E-state index contributed by atoms with van der Waals surface area (Å²) in [5.41, 5.74) is 2.54. The molecule has 118 valence electrons. The summed E-state index contributed by atoms with van der Waals surface area (Å²) >= 11 is 5.89. The Bertz CT molecular complexity index is 760. The summed E-state index contributed by atoms with van der Waals surface area (Å²) in [4.78, 5) is 26.6. The van der Waals surface area contributed by atoms with Crippen molar-refractivity contribution in [2.24, 2.45) is 0 Å². The monoisotopic (exact) mass is 328 g/mol. The van der Waals surface area contributed by atoms with E-state index in [1.807, 2.05) is 24.3 Å². The van der Waals surface area contributed by atoms with Crippen molar-refractivity contribution < 1.29 is 9.59 Å². The average Bonchev–Trinajstić information content (AvgIpc) is 2.98. The molecule has 0 radical (unpaired) electrons. The van der Waals surface area contributed by atoms with Crippen LogP contribution in [0.5, 0.6) is 0 Å². The summed E-state index contributed by atoms with van der Waals surface area (Å²) in [6.45, 7) is 2.35. The van der Waals surface area contributed by atoms with Crippen molar-refractivity contribution in [2.45, 2.75) is 19.4 Å². The van der Waals surface area contributed by atoms with Gasteiger partial charge in [0.15, 0.2) is 0 Å². The van der Waals surface area contributed by atoms with Gasteiger partial charge in [-0.05, 0) is 43.2 Å². The van der Waals surface area contributed by atoms with Crippen LogP contribution in [-0.4, -0.2) is 24.4 Å². The molecule has 2 aromatic carbocycles. The second-order valence-electron chi connectivity index (χ2n) is 5.57. The van der Waals surface area contributed by atoms with Gasteiger partial charge in [-0.25, -0.2) is 0 Å². The molecule has 23 heavy (non-hydrogen) atoms. The van der Waals surface area contributed by atoms with E-state index in [-0.39, 0.29) is 11.8 Å². The quantitative estimate of drug-likeness (QED) is 0.941. The number of halogens is 1. The van der Waals surface area contributed by atoms with E-state index in [4.69, 9.17) is 11.6 Å². The lowest BCUT2D eigenvalue weighted by Crippen LogP contribution is -2.46. The third kappa shape index (κ3) is 3.22. The average molecular weight is 329 g/mol. The third-order valence-electron chi connectivity index (χ3n) is 3.96. The molecule has 5 heteroatoms. The Balaban J connectivity index is 1.70. The van der Waals surface area contributed by atoms with E-state index in [1.165, 1.54) is 0 Å². The minimum Gasteiger partial charge on any atom is -0.341 e. The first-order valence-corrected chi connectivity index (χ1v) is 7.90. The fourth-order valence-corrected chi connectivity index (χ4v) is 2.96. The molecule has 1 heterocycles. The van der Waals surface area contributed by atoms with Gasteiger partial charge in [-0.1, -0.05) is 35.9 Å². The van der Waals surface area contributed by atoms with Crippen LogP contribution in [0.4, 0.5) is 5.69 Å². The van der Waals surface area contributed by atoms with Crippen molar-refractivity contribution in [2.75, 3.05) is 11.4 Å². The van der Waals surface area contributed by atoms with Crippen LogP contribution in [0.3, 0.4) is 0 Å². The Labute approximate surface area is 140 Å². The van der Waals surface area contributed by atoms with Crippen LogP contribution in [0.25, 0.3) is 0 Å². The Hall–Kier alpha value is -2.33. The largest absolute Gasteiger partial charge is 0.341 e. The molecule has 2 aromatic rings. The lowest BCUT2D eigenvalue weighted by molar-refractivity contribution is -0.119. The lowest BCUT2D eigenvalue weighted by atomic mass is 10.1. The zero-order valence-electron chi connectivity index (χ0n) is 12.8. The molecule has 0 bridgehead atoms. The second-order valence-corrected chi connectivity index (χ2v) is 6.01. The fourth-order valence-electron chi connectivity index (χ4n) is 2.77. The van der Waals surface area contributed by atoms with Gasteiger partial charge in [0.2, 0.25) is 5.91 Å². The predicted molar refractivity (Wildman–Crippen MR) is 90.9 cm³/mol. The van der Waals surface area contributed by atoms with Crippen molar-refractivity contribution in [3.63, 3.8) is 0 Å². The van der Waals surface area contributed by atoms with Gasteiger partial charge in [0.1, 0.15) is 6.04 Å². The Morgan fingerprint density at radius 1 is 1.17 bits per heavy atom. The van der Waals surface area contributed by atoms with E-state index in [0.29, 0.717) is 17.1 Å². The minimum atomic E-state index is -0.604. The van der Waals surface area contributed by atoms with Gasteiger partial charge in [0.25, 0.3) is 5.91 Å². The van der Waals surface area contributed by atoms with Crippen molar-refractivity contribution in [1.29, 1.82) is 0 Å². The van der Waals surface area contributed by atoms with Gasteiger partial charge in [0.05, 0.1) is 0 Å². The van der Waals surface area contributed by atoms with Gasteiger partial charge >= 0.3 is 0 Å². The number of nitrogens with zero attached hydrogens (tertiary/aromatic N) is 1. The van der Waals surface area contributed by atoms with E-state index < -0.39 is 6.04 Å². The van der Waals surface area contributed by atoms with Crippen molar-refractivity contribution in [3.8, 4) is 0 Å². The number of amides is 2. The van der Waals surface area contributed by atoms with E-state index in [9.17, 15) is 9.59 Å². The molecule has 4 nitrogen and oxygen atoms in total. The number of hydrogen-bond acceptors (Lipinski definition) is 2. The van der Waals surface area contributed by atoms with E-state index >= 15 is 0 Å². The van der Waals surface area contributed by atoms with Gasteiger partial charge in [-0.3, -0.25) is 9.59 Å². The standard InChI is InChI=1S/C18H17ClN2O2/c1-12(20-17(22)14-6-4-7-15(19)11-14)18(23)21-10-9-13-5-2-3-8-16(13)21/h2-8,11-12H,9-10H2,1H3,(H,20,22)/t12-/m1/s1. The second kappa shape index (κ2) is 6.42. The highest BCUT2D eigenvalue weighted by Crippen LogP contribution is 2.27. The summed E-state index contributed by atoms with van der Waals surface area (Å²) in [6, 6.07) is 13.9. The molecule has 0 fully saturated rings. The first-order valence-electron chi connectivity index (χ1n) is 7.52. The number of hydrogen-bond donors (Lipinski definition) is 1. The van der Waals surface area contributed by atoms with E-state index in [0.717, 1.165) is 17.7 Å². The first kappa shape index (κ1) is 15.6. The van der Waals surface area contributed by atoms with Gasteiger partial charge in [0, 0.05) is 22.8 Å². The molecule has 0 saturated carbocycles. The third-order valence-corrected chi connectivity index (χ3v) is 4.19. The molecular formula is C18H17ClN2O2. The van der Waals surface area contributed by atoms with Crippen LogP contribution in [0.1, 0.15) is 22.8 Å². The molecule has 1 N–H and O–H groups in total. The smallest absolute Gasteiger partial charge is 0.251 e. The van der Waals surface area contributed by atoms with Crippen molar-refractivity contribution in [1.82, 2.24) is 5.32 Å². The zero-order chi connectivity index (χ0) is 16.4. The Morgan fingerprint density at radius 3 is 2.74 bits per heavy atom. The zero-order valence-corrected chi connectivity index (χ0v) is 13.5. The topological polar surface area (TPSA) is 49.4 Å². The number of benzene rings is 2. The maximum Gasteiger partial charge on any atom is 0.251 e. The minimum absolute atomic E-state index is 0.106. The normalized spacial score (nSPS) is 14.3. The van der Waals surface area contributed by atoms with E-state index in [2.05, 4.69) is 5.32 Å². The molecule has 0 unspecified atom stereocenters. The Kier molecular flexibility index (Phi) is 4.35. The van der Waals surface area contributed by atoms with Crippen LogP contribution in [0.15, 0.2) is 48.5 Å². The van der Waals surface area contributed by atoms with Crippen LogP contribution < -0.4 is 10.2 Å². The first-order chi connectivity index (χ1) is 11.1. The molecular weight excluding hydrogens is 312 g/mol. The van der Waals surface area contributed by atoms with Gasteiger partial charge in [-0.2, -0.15) is 0 Å². The summed E-state index contributed by atoms with van der Waals surface area (Å²) in [5.74, 6) is -0.411. The predicted octanol–water partition coefficient (Wildman–Crippen LogP) is 3.05. The number of rotatable bonds is 3. The van der Waals surface area contributed by atoms with Gasteiger partial charge < -0.3 is 10.2 Å².